The number of primary amides is 1. The summed E-state index contributed by atoms with van der Waals surface area (Å²) in [5, 5.41) is 7.08. The summed E-state index contributed by atoms with van der Waals surface area (Å²) < 4.78 is 10.5. The molecule has 2 aromatic rings. The van der Waals surface area contributed by atoms with Crippen molar-refractivity contribution in [2.24, 2.45) is 10.8 Å². The molecule has 2 rings (SSSR count). The van der Waals surface area contributed by atoms with Gasteiger partial charge < -0.3 is 15.2 Å². The Morgan fingerprint density at radius 3 is 2.91 bits per heavy atom. The summed E-state index contributed by atoms with van der Waals surface area (Å²) in [7, 11) is 1.48. The van der Waals surface area contributed by atoms with Crippen LogP contribution in [0, 0.1) is 6.92 Å². The van der Waals surface area contributed by atoms with Crippen LogP contribution < -0.4 is 20.6 Å². The number of methoxy groups -OCH3 is 1. The van der Waals surface area contributed by atoms with Crippen LogP contribution in [0.15, 0.2) is 22.6 Å². The summed E-state index contributed by atoms with van der Waals surface area (Å²) in [6.07, 6.45) is 1.54. The van der Waals surface area contributed by atoms with E-state index in [4.69, 9.17) is 26.8 Å². The highest BCUT2D eigenvalue weighted by molar-refractivity contribution is 7.13. The van der Waals surface area contributed by atoms with E-state index >= 15 is 0 Å². The third kappa shape index (κ3) is 4.83. The highest BCUT2D eigenvalue weighted by atomic mass is 35.5. The van der Waals surface area contributed by atoms with Gasteiger partial charge in [-0.1, -0.05) is 11.6 Å². The maximum absolute atomic E-state index is 10.8. The van der Waals surface area contributed by atoms with Crippen molar-refractivity contribution in [1.29, 1.82) is 0 Å². The molecular formula is C14H15ClN4O3S. The second-order valence-electron chi connectivity index (χ2n) is 4.44. The zero-order valence-electron chi connectivity index (χ0n) is 12.5. The number of aryl methyl sites for hydroxylation is 1. The fourth-order valence-corrected chi connectivity index (χ4v) is 2.47. The summed E-state index contributed by atoms with van der Waals surface area (Å²) in [5.74, 6) is 0.163. The van der Waals surface area contributed by atoms with Crippen molar-refractivity contribution in [3.05, 3.63) is 33.8 Å². The first-order valence-corrected chi connectivity index (χ1v) is 7.75. The minimum Gasteiger partial charge on any atom is -0.493 e. The van der Waals surface area contributed by atoms with E-state index in [1.807, 2.05) is 12.3 Å². The molecule has 3 N–H and O–H groups in total. The number of anilines is 1. The number of nitrogens with zero attached hydrogens (tertiary/aromatic N) is 2. The molecule has 0 saturated heterocycles. The molecule has 0 bridgehead atoms. The van der Waals surface area contributed by atoms with Gasteiger partial charge in [0.25, 0.3) is 5.91 Å². The minimum absolute atomic E-state index is 0.259. The lowest BCUT2D eigenvalue weighted by atomic mass is 10.2. The minimum atomic E-state index is -0.586. The van der Waals surface area contributed by atoms with E-state index in [1.165, 1.54) is 24.5 Å². The summed E-state index contributed by atoms with van der Waals surface area (Å²) in [4.78, 5) is 15.0. The van der Waals surface area contributed by atoms with Crippen molar-refractivity contribution in [2.45, 2.75) is 6.92 Å². The van der Waals surface area contributed by atoms with Gasteiger partial charge in [-0.25, -0.2) is 4.98 Å². The number of halogens is 1. The molecule has 0 radical (unpaired) electrons. The monoisotopic (exact) mass is 354 g/mol. The predicted molar refractivity (Wildman–Crippen MR) is 90.8 cm³/mol. The first-order chi connectivity index (χ1) is 11.0. The summed E-state index contributed by atoms with van der Waals surface area (Å²) >= 11 is 7.63. The van der Waals surface area contributed by atoms with E-state index in [9.17, 15) is 4.79 Å². The van der Waals surface area contributed by atoms with Crippen LogP contribution in [0.4, 0.5) is 5.13 Å². The Balaban J connectivity index is 2.13. The van der Waals surface area contributed by atoms with Crippen molar-refractivity contribution in [1.82, 2.24) is 4.98 Å². The highest BCUT2D eigenvalue weighted by Gasteiger charge is 2.10. The summed E-state index contributed by atoms with van der Waals surface area (Å²) in [6, 6.07) is 3.19. The fraction of sp³-hybridized carbons (Fsp3) is 0.214. The number of hydrogen-bond acceptors (Lipinski definition) is 7. The standard InChI is InChI=1S/C14H15ClN4O3S/c1-8-7-23-14(18-8)19-17-5-9-3-11(21-2)12(4-10(9)15)22-6-13(16)20/h3-5,7H,6H2,1-2H3,(H2,16,20)(H,18,19). The van der Waals surface area contributed by atoms with Gasteiger partial charge in [0, 0.05) is 17.0 Å². The number of carbonyl (C=O) groups is 1. The van der Waals surface area contributed by atoms with E-state index in [2.05, 4.69) is 15.5 Å². The topological polar surface area (TPSA) is 98.8 Å². The molecule has 0 aliphatic carbocycles. The lowest BCUT2D eigenvalue weighted by molar-refractivity contribution is -0.119. The van der Waals surface area contributed by atoms with Gasteiger partial charge in [0.05, 0.1) is 24.0 Å². The first kappa shape index (κ1) is 17.0. The molecule has 0 aliphatic heterocycles. The van der Waals surface area contributed by atoms with Gasteiger partial charge in [0.15, 0.2) is 18.1 Å². The van der Waals surface area contributed by atoms with Crippen LogP contribution in [0.2, 0.25) is 5.02 Å². The number of carbonyl (C=O) groups excluding carboxylic acids is 1. The van der Waals surface area contributed by atoms with E-state index in [0.717, 1.165) is 5.69 Å². The van der Waals surface area contributed by atoms with E-state index in [1.54, 1.807) is 12.3 Å². The molecule has 1 amide bonds. The fourth-order valence-electron chi connectivity index (χ4n) is 1.63. The molecule has 0 saturated carbocycles. The highest BCUT2D eigenvalue weighted by Crippen LogP contribution is 2.32. The van der Waals surface area contributed by atoms with Crippen LogP contribution in [-0.4, -0.2) is 30.8 Å². The number of thiazole rings is 1. The van der Waals surface area contributed by atoms with Crippen molar-refractivity contribution >= 4 is 40.2 Å². The van der Waals surface area contributed by atoms with Gasteiger partial charge in [-0.2, -0.15) is 5.10 Å². The van der Waals surface area contributed by atoms with E-state index < -0.39 is 5.91 Å². The number of ether oxygens (including phenoxy) is 2. The van der Waals surface area contributed by atoms with Gasteiger partial charge in [0.1, 0.15) is 0 Å². The van der Waals surface area contributed by atoms with Crippen LogP contribution in [0.5, 0.6) is 11.5 Å². The van der Waals surface area contributed by atoms with Crippen LogP contribution in [0.25, 0.3) is 0 Å². The number of aromatic nitrogens is 1. The summed E-state index contributed by atoms with van der Waals surface area (Å²) in [5.41, 5.74) is 9.41. The Kier molecular flexibility index (Phi) is 5.78. The Bertz CT molecular complexity index is 733. The lowest BCUT2D eigenvalue weighted by Gasteiger charge is -2.11. The molecular weight excluding hydrogens is 340 g/mol. The van der Waals surface area contributed by atoms with E-state index in [0.29, 0.717) is 27.2 Å². The number of hydrogen-bond donors (Lipinski definition) is 2. The quantitative estimate of drug-likeness (QED) is 0.587. The van der Waals surface area contributed by atoms with Crippen molar-refractivity contribution in [3.63, 3.8) is 0 Å². The number of nitrogens with one attached hydrogen (secondary N) is 1. The van der Waals surface area contributed by atoms with E-state index in [-0.39, 0.29) is 6.61 Å². The summed E-state index contributed by atoms with van der Waals surface area (Å²) in [6.45, 7) is 1.64. The molecule has 0 aliphatic rings. The van der Waals surface area contributed by atoms with Crippen molar-refractivity contribution in [2.75, 3.05) is 19.1 Å². The molecule has 23 heavy (non-hydrogen) atoms. The largest absolute Gasteiger partial charge is 0.493 e. The number of nitrogens with two attached hydrogens (primary N) is 1. The van der Waals surface area contributed by atoms with Gasteiger partial charge in [-0.05, 0) is 13.0 Å². The number of hydrazone groups is 1. The molecule has 0 unspecified atom stereocenters. The Hall–Kier alpha value is -2.32. The van der Waals surface area contributed by atoms with Crippen molar-refractivity contribution in [3.8, 4) is 11.5 Å². The molecule has 9 heteroatoms. The van der Waals surface area contributed by atoms with Crippen LogP contribution in [0.3, 0.4) is 0 Å². The maximum Gasteiger partial charge on any atom is 0.255 e. The second kappa shape index (κ2) is 7.80. The van der Waals surface area contributed by atoms with Crippen LogP contribution >= 0.6 is 22.9 Å². The third-order valence-electron chi connectivity index (χ3n) is 2.64. The zero-order chi connectivity index (χ0) is 16.8. The number of benzene rings is 1. The van der Waals surface area contributed by atoms with Gasteiger partial charge >= 0.3 is 0 Å². The molecule has 0 fully saturated rings. The van der Waals surface area contributed by atoms with Crippen LogP contribution in [0.1, 0.15) is 11.3 Å². The third-order valence-corrected chi connectivity index (χ3v) is 3.83. The maximum atomic E-state index is 10.8. The van der Waals surface area contributed by atoms with Crippen molar-refractivity contribution < 1.29 is 14.3 Å². The Labute approximate surface area is 142 Å². The molecule has 0 spiro atoms. The molecule has 122 valence electrons. The molecule has 0 atom stereocenters. The SMILES string of the molecule is COc1cc(C=NNc2nc(C)cs2)c(Cl)cc1OCC(N)=O. The van der Waals surface area contributed by atoms with Gasteiger partial charge in [-0.3, -0.25) is 10.2 Å². The first-order valence-electron chi connectivity index (χ1n) is 6.49. The predicted octanol–water partition coefficient (Wildman–Crippen LogP) is 2.42. The Morgan fingerprint density at radius 1 is 1.52 bits per heavy atom. The molecule has 7 nitrogen and oxygen atoms in total. The second-order valence-corrected chi connectivity index (χ2v) is 5.71. The van der Waals surface area contributed by atoms with Gasteiger partial charge in [-0.15, -0.1) is 11.3 Å². The Morgan fingerprint density at radius 2 is 2.30 bits per heavy atom. The molecule has 1 heterocycles. The smallest absolute Gasteiger partial charge is 0.255 e. The number of rotatable bonds is 7. The number of amides is 1. The average molecular weight is 355 g/mol. The average Bonchev–Trinajstić information content (AvgIpc) is 2.92. The zero-order valence-corrected chi connectivity index (χ0v) is 14.1. The molecule has 1 aromatic heterocycles. The lowest BCUT2D eigenvalue weighted by Crippen LogP contribution is -2.20. The van der Waals surface area contributed by atoms with Crippen LogP contribution in [-0.2, 0) is 4.79 Å². The normalized spacial score (nSPS) is 10.7. The molecule has 1 aromatic carbocycles. The van der Waals surface area contributed by atoms with Gasteiger partial charge in [0.2, 0.25) is 5.13 Å².